The fraction of sp³-hybridized carbons (Fsp3) is 0.200. The Morgan fingerprint density at radius 1 is 1.21 bits per heavy atom. The molecule has 0 heterocycles. The van der Waals surface area contributed by atoms with Crippen LogP contribution in [-0.2, 0) is 6.42 Å². The van der Waals surface area contributed by atoms with Crippen molar-refractivity contribution in [2.24, 2.45) is 5.84 Å². The normalized spacial score (nSPS) is 12.4. The summed E-state index contributed by atoms with van der Waals surface area (Å²) in [5.41, 5.74) is 6.45. The van der Waals surface area contributed by atoms with Gasteiger partial charge in [-0.2, -0.15) is 0 Å². The fourth-order valence-electron chi connectivity index (χ4n) is 2.05. The molecule has 1 atom stereocenters. The summed E-state index contributed by atoms with van der Waals surface area (Å²) in [6.07, 6.45) is 0.815. The minimum atomic E-state index is 0.0652. The topological polar surface area (TPSA) is 38.0 Å². The number of nitrogens with two attached hydrogens (primary N) is 1. The maximum atomic E-state index is 5.90. The second-order valence-electron chi connectivity index (χ2n) is 4.53. The maximum absolute atomic E-state index is 5.90. The van der Waals surface area contributed by atoms with E-state index in [1.54, 1.807) is 0 Å². The summed E-state index contributed by atoms with van der Waals surface area (Å²) in [6.45, 7) is 2.07. The van der Waals surface area contributed by atoms with E-state index in [4.69, 9.17) is 17.4 Å². The van der Waals surface area contributed by atoms with Crippen molar-refractivity contribution in [3.8, 4) is 0 Å². The van der Waals surface area contributed by atoms with Crippen LogP contribution in [0.4, 0.5) is 0 Å². The zero-order valence-electron chi connectivity index (χ0n) is 10.7. The van der Waals surface area contributed by atoms with Crippen molar-refractivity contribution >= 4 is 27.5 Å². The molecule has 2 aromatic carbocycles. The van der Waals surface area contributed by atoms with Gasteiger partial charge >= 0.3 is 0 Å². The molecule has 2 nitrogen and oxygen atoms in total. The van der Waals surface area contributed by atoms with Gasteiger partial charge in [0, 0.05) is 9.50 Å². The van der Waals surface area contributed by atoms with E-state index in [9.17, 15) is 0 Å². The van der Waals surface area contributed by atoms with Gasteiger partial charge in [0.05, 0.1) is 6.04 Å². The quantitative estimate of drug-likeness (QED) is 0.648. The molecule has 0 spiro atoms. The predicted octanol–water partition coefficient (Wildman–Crippen LogP) is 4.16. The van der Waals surface area contributed by atoms with Crippen molar-refractivity contribution in [3.63, 3.8) is 0 Å². The highest BCUT2D eigenvalue weighted by Crippen LogP contribution is 2.28. The third-order valence-electron chi connectivity index (χ3n) is 3.15. The lowest BCUT2D eigenvalue weighted by atomic mass is 9.98. The van der Waals surface area contributed by atoms with Crippen LogP contribution in [-0.4, -0.2) is 0 Å². The summed E-state index contributed by atoms with van der Waals surface area (Å²) < 4.78 is 1.10. The van der Waals surface area contributed by atoms with E-state index < -0.39 is 0 Å². The number of rotatable bonds is 4. The van der Waals surface area contributed by atoms with Gasteiger partial charge in [0.15, 0.2) is 0 Å². The highest BCUT2D eigenvalue weighted by Gasteiger charge is 2.14. The van der Waals surface area contributed by atoms with Crippen molar-refractivity contribution in [2.75, 3.05) is 0 Å². The molecule has 4 heteroatoms. The van der Waals surface area contributed by atoms with Gasteiger partial charge < -0.3 is 0 Å². The Hall–Kier alpha value is -0.870. The minimum Gasteiger partial charge on any atom is -0.271 e. The first-order valence-electron chi connectivity index (χ1n) is 6.07. The molecule has 2 rings (SSSR count). The Bertz CT molecular complexity index is 555. The van der Waals surface area contributed by atoms with E-state index in [2.05, 4.69) is 40.4 Å². The summed E-state index contributed by atoms with van der Waals surface area (Å²) in [5, 5.41) is 0.748. The van der Waals surface area contributed by atoms with Crippen molar-refractivity contribution in [2.45, 2.75) is 19.4 Å². The predicted molar refractivity (Wildman–Crippen MR) is 84.1 cm³/mol. The lowest BCUT2D eigenvalue weighted by molar-refractivity contribution is 0.549. The van der Waals surface area contributed by atoms with Crippen molar-refractivity contribution in [3.05, 3.63) is 68.7 Å². The standard InChI is InChI=1S/C15H16BrClN2/c1-10-3-2-4-13(15(10)16)14(19-18)9-11-5-7-12(17)8-6-11/h2-8,14,19H,9,18H2,1H3. The summed E-state index contributed by atoms with van der Waals surface area (Å²) in [5.74, 6) is 5.70. The van der Waals surface area contributed by atoms with Gasteiger partial charge in [-0.1, -0.05) is 57.9 Å². The molecule has 0 aromatic heterocycles. The van der Waals surface area contributed by atoms with Gasteiger partial charge in [-0.3, -0.25) is 11.3 Å². The van der Waals surface area contributed by atoms with Crippen LogP contribution in [0.25, 0.3) is 0 Å². The number of hydrazine groups is 1. The SMILES string of the molecule is Cc1cccc(C(Cc2ccc(Cl)cc2)NN)c1Br. The zero-order chi connectivity index (χ0) is 13.8. The number of nitrogens with one attached hydrogen (secondary N) is 1. The molecule has 100 valence electrons. The third-order valence-corrected chi connectivity index (χ3v) is 4.49. The number of aryl methyl sites for hydroxylation is 1. The molecule has 0 saturated heterocycles. The Labute approximate surface area is 127 Å². The summed E-state index contributed by atoms with van der Waals surface area (Å²) in [4.78, 5) is 0. The first-order valence-corrected chi connectivity index (χ1v) is 7.24. The third kappa shape index (κ3) is 3.57. The van der Waals surface area contributed by atoms with Crippen LogP contribution < -0.4 is 11.3 Å². The smallest absolute Gasteiger partial charge is 0.0511 e. The first kappa shape index (κ1) is 14.5. The Balaban J connectivity index is 2.25. The molecule has 0 radical (unpaired) electrons. The van der Waals surface area contributed by atoms with Crippen LogP contribution in [0, 0.1) is 6.92 Å². The second kappa shape index (κ2) is 6.53. The van der Waals surface area contributed by atoms with E-state index in [1.807, 2.05) is 30.3 Å². The lowest BCUT2D eigenvalue weighted by Gasteiger charge is -2.19. The molecule has 0 amide bonds. The molecule has 0 saturated carbocycles. The monoisotopic (exact) mass is 338 g/mol. The fourth-order valence-corrected chi connectivity index (χ4v) is 2.72. The van der Waals surface area contributed by atoms with Crippen LogP contribution in [0.3, 0.4) is 0 Å². The molecule has 0 bridgehead atoms. The molecule has 0 aliphatic carbocycles. The van der Waals surface area contributed by atoms with Gasteiger partial charge in [-0.15, -0.1) is 0 Å². The van der Waals surface area contributed by atoms with E-state index in [-0.39, 0.29) is 6.04 Å². The van der Waals surface area contributed by atoms with Crippen molar-refractivity contribution < 1.29 is 0 Å². The second-order valence-corrected chi connectivity index (χ2v) is 5.76. The maximum Gasteiger partial charge on any atom is 0.0511 e. The molecule has 0 fully saturated rings. The van der Waals surface area contributed by atoms with Gasteiger partial charge in [0.1, 0.15) is 0 Å². The lowest BCUT2D eigenvalue weighted by Crippen LogP contribution is -2.30. The molecule has 3 N–H and O–H groups in total. The summed E-state index contributed by atoms with van der Waals surface area (Å²) >= 11 is 9.53. The van der Waals surface area contributed by atoms with E-state index in [0.717, 1.165) is 21.5 Å². The number of hydrogen-bond donors (Lipinski definition) is 2. The summed E-state index contributed by atoms with van der Waals surface area (Å²) in [7, 11) is 0. The van der Waals surface area contributed by atoms with Crippen LogP contribution in [0.5, 0.6) is 0 Å². The molecular weight excluding hydrogens is 324 g/mol. The number of hydrogen-bond acceptors (Lipinski definition) is 2. The van der Waals surface area contributed by atoms with Gasteiger partial charge in [0.25, 0.3) is 0 Å². The van der Waals surface area contributed by atoms with Crippen molar-refractivity contribution in [1.82, 2.24) is 5.43 Å². The van der Waals surface area contributed by atoms with E-state index >= 15 is 0 Å². The Morgan fingerprint density at radius 3 is 2.53 bits per heavy atom. The Morgan fingerprint density at radius 2 is 1.89 bits per heavy atom. The van der Waals surface area contributed by atoms with Crippen LogP contribution in [0.1, 0.15) is 22.7 Å². The van der Waals surface area contributed by atoms with E-state index in [0.29, 0.717) is 0 Å². The molecular formula is C15H16BrClN2. The molecule has 2 aromatic rings. The number of halogens is 2. The first-order chi connectivity index (χ1) is 9.11. The van der Waals surface area contributed by atoms with Crippen LogP contribution in [0.2, 0.25) is 5.02 Å². The average Bonchev–Trinajstić information content (AvgIpc) is 2.42. The Kier molecular flexibility index (Phi) is 4.99. The molecule has 1 unspecified atom stereocenters. The average molecular weight is 340 g/mol. The van der Waals surface area contributed by atoms with Gasteiger partial charge in [-0.25, -0.2) is 0 Å². The summed E-state index contributed by atoms with van der Waals surface area (Å²) in [6, 6.07) is 14.1. The van der Waals surface area contributed by atoms with E-state index in [1.165, 1.54) is 11.1 Å². The van der Waals surface area contributed by atoms with Crippen LogP contribution in [0.15, 0.2) is 46.9 Å². The molecule has 19 heavy (non-hydrogen) atoms. The number of benzene rings is 2. The molecule has 0 aliphatic rings. The highest BCUT2D eigenvalue weighted by atomic mass is 79.9. The zero-order valence-corrected chi connectivity index (χ0v) is 13.0. The highest BCUT2D eigenvalue weighted by molar-refractivity contribution is 9.10. The largest absolute Gasteiger partial charge is 0.271 e. The van der Waals surface area contributed by atoms with Gasteiger partial charge in [-0.05, 0) is 42.2 Å². The van der Waals surface area contributed by atoms with Gasteiger partial charge in [0.2, 0.25) is 0 Å². The minimum absolute atomic E-state index is 0.0652. The molecule has 0 aliphatic heterocycles. The van der Waals surface area contributed by atoms with Crippen molar-refractivity contribution in [1.29, 1.82) is 0 Å². The van der Waals surface area contributed by atoms with Crippen LogP contribution >= 0.6 is 27.5 Å².